The molecule has 4 heteroatoms. The third-order valence-corrected chi connectivity index (χ3v) is 1.54. The average Bonchev–Trinajstić information content (AvgIpc) is 1.85. The Balaban J connectivity index is 3.01. The molecule has 0 atom stereocenters. The van der Waals surface area contributed by atoms with Crippen molar-refractivity contribution in [2.75, 3.05) is 5.73 Å². The van der Waals surface area contributed by atoms with Crippen molar-refractivity contribution in [1.29, 1.82) is 5.26 Å². The number of hydrogen-bond donors (Lipinski definition) is 1. The van der Waals surface area contributed by atoms with Crippen molar-refractivity contribution in [3.8, 4) is 6.07 Å². The highest BCUT2D eigenvalue weighted by molar-refractivity contribution is 9.10. The van der Waals surface area contributed by atoms with Crippen LogP contribution in [0.1, 0.15) is 5.69 Å². The number of nitrogens with two attached hydrogens (primary N) is 1. The zero-order valence-electron chi connectivity index (χ0n) is 5.71. The van der Waals surface area contributed by atoms with Gasteiger partial charge in [0.1, 0.15) is 4.60 Å². The summed E-state index contributed by atoms with van der Waals surface area (Å²) in [7, 11) is 0. The zero-order chi connectivity index (χ0) is 8.27. The van der Waals surface area contributed by atoms with Gasteiger partial charge in [-0.2, -0.15) is 5.26 Å². The molecule has 3 nitrogen and oxygen atoms in total. The summed E-state index contributed by atoms with van der Waals surface area (Å²) in [6.07, 6.45) is 0.295. The van der Waals surface area contributed by atoms with Crippen LogP contribution in [-0.2, 0) is 6.42 Å². The van der Waals surface area contributed by atoms with Crippen molar-refractivity contribution in [3.63, 3.8) is 0 Å². The minimum Gasteiger partial charge on any atom is -0.399 e. The van der Waals surface area contributed by atoms with Crippen molar-refractivity contribution < 1.29 is 0 Å². The van der Waals surface area contributed by atoms with Gasteiger partial charge in [-0.1, -0.05) is 0 Å². The predicted molar refractivity (Wildman–Crippen MR) is 45.7 cm³/mol. The van der Waals surface area contributed by atoms with E-state index < -0.39 is 0 Å². The summed E-state index contributed by atoms with van der Waals surface area (Å²) in [5, 5.41) is 8.36. The summed E-state index contributed by atoms with van der Waals surface area (Å²) in [5.41, 5.74) is 6.83. The molecule has 0 aliphatic carbocycles. The van der Waals surface area contributed by atoms with Gasteiger partial charge in [0.25, 0.3) is 0 Å². The average molecular weight is 212 g/mol. The highest BCUT2D eigenvalue weighted by atomic mass is 79.9. The standard InChI is InChI=1S/C7H6BrN3/c8-7-4-5(10)3-6(11-7)1-2-9/h3-4H,1H2,(H2,10,11). The topological polar surface area (TPSA) is 62.7 Å². The molecular formula is C7H6BrN3. The van der Waals surface area contributed by atoms with Crippen molar-refractivity contribution in [1.82, 2.24) is 4.98 Å². The number of aromatic nitrogens is 1. The van der Waals surface area contributed by atoms with Gasteiger partial charge in [0.05, 0.1) is 18.2 Å². The molecule has 0 aliphatic heterocycles. The lowest BCUT2D eigenvalue weighted by molar-refractivity contribution is 1.10. The molecule has 2 N–H and O–H groups in total. The second-order valence-corrected chi connectivity index (χ2v) is 2.86. The lowest BCUT2D eigenvalue weighted by Crippen LogP contribution is -1.92. The monoisotopic (exact) mass is 211 g/mol. The van der Waals surface area contributed by atoms with Gasteiger partial charge in [0.2, 0.25) is 0 Å². The molecule has 56 valence electrons. The highest BCUT2D eigenvalue weighted by Gasteiger charge is 1.96. The Bertz CT molecular complexity index is 283. The number of anilines is 1. The van der Waals surface area contributed by atoms with Crippen LogP contribution in [0.5, 0.6) is 0 Å². The van der Waals surface area contributed by atoms with Crippen LogP contribution in [0.25, 0.3) is 0 Å². The van der Waals surface area contributed by atoms with E-state index in [-0.39, 0.29) is 0 Å². The number of pyridine rings is 1. The third kappa shape index (κ3) is 2.20. The van der Waals surface area contributed by atoms with Crippen molar-refractivity contribution in [2.24, 2.45) is 0 Å². The van der Waals surface area contributed by atoms with E-state index in [1.165, 1.54) is 0 Å². The smallest absolute Gasteiger partial charge is 0.108 e. The largest absolute Gasteiger partial charge is 0.399 e. The maximum Gasteiger partial charge on any atom is 0.108 e. The first-order valence-electron chi connectivity index (χ1n) is 3.01. The maximum atomic E-state index is 8.36. The Hall–Kier alpha value is -1.08. The van der Waals surface area contributed by atoms with Crippen molar-refractivity contribution in [2.45, 2.75) is 6.42 Å². The van der Waals surface area contributed by atoms with Crippen LogP contribution in [0.15, 0.2) is 16.7 Å². The molecule has 0 saturated carbocycles. The first-order chi connectivity index (χ1) is 5.22. The molecule has 0 fully saturated rings. The summed E-state index contributed by atoms with van der Waals surface area (Å²) in [5.74, 6) is 0. The highest BCUT2D eigenvalue weighted by Crippen LogP contribution is 2.12. The van der Waals surface area contributed by atoms with Crippen LogP contribution in [-0.4, -0.2) is 4.98 Å². The SMILES string of the molecule is N#CCc1cc(N)cc(Br)n1. The molecule has 0 unspecified atom stereocenters. The van der Waals surface area contributed by atoms with E-state index in [1.807, 2.05) is 6.07 Å². The molecule has 1 aromatic heterocycles. The van der Waals surface area contributed by atoms with E-state index in [0.717, 1.165) is 0 Å². The Morgan fingerprint density at radius 1 is 1.64 bits per heavy atom. The van der Waals surface area contributed by atoms with Crippen LogP contribution in [0.4, 0.5) is 5.69 Å². The molecule has 0 bridgehead atoms. The summed E-state index contributed by atoms with van der Waals surface area (Å²) < 4.78 is 0.669. The van der Waals surface area contributed by atoms with Crippen LogP contribution < -0.4 is 5.73 Å². The van der Waals surface area contributed by atoms with Gasteiger partial charge >= 0.3 is 0 Å². The van der Waals surface area contributed by atoms with Gasteiger partial charge in [0, 0.05) is 5.69 Å². The van der Waals surface area contributed by atoms with Crippen LogP contribution in [0.2, 0.25) is 0 Å². The summed E-state index contributed by atoms with van der Waals surface area (Å²) in [6, 6.07) is 5.38. The Labute approximate surface area is 73.0 Å². The molecular weight excluding hydrogens is 206 g/mol. The number of hydrogen-bond acceptors (Lipinski definition) is 3. The predicted octanol–water partition coefficient (Wildman–Crippen LogP) is 1.49. The number of nitrogens with zero attached hydrogens (tertiary/aromatic N) is 2. The molecule has 1 heterocycles. The molecule has 1 rings (SSSR count). The van der Waals surface area contributed by atoms with Gasteiger partial charge < -0.3 is 5.73 Å². The molecule has 0 aromatic carbocycles. The van der Waals surface area contributed by atoms with E-state index >= 15 is 0 Å². The normalized spacial score (nSPS) is 9.09. The lowest BCUT2D eigenvalue weighted by atomic mass is 10.3. The first kappa shape index (κ1) is 8.02. The second-order valence-electron chi connectivity index (χ2n) is 2.05. The minimum atomic E-state index is 0.295. The van der Waals surface area contributed by atoms with Crippen LogP contribution >= 0.6 is 15.9 Å². The van der Waals surface area contributed by atoms with Gasteiger partial charge in [0.15, 0.2) is 0 Å². The minimum absolute atomic E-state index is 0.295. The quantitative estimate of drug-likeness (QED) is 0.717. The fraction of sp³-hybridized carbons (Fsp3) is 0.143. The van der Waals surface area contributed by atoms with Crippen molar-refractivity contribution in [3.05, 3.63) is 22.4 Å². The van der Waals surface area contributed by atoms with Crippen LogP contribution in [0, 0.1) is 11.3 Å². The van der Waals surface area contributed by atoms with E-state index in [4.69, 9.17) is 11.0 Å². The van der Waals surface area contributed by atoms with E-state index in [9.17, 15) is 0 Å². The summed E-state index contributed by atoms with van der Waals surface area (Å²) >= 11 is 3.18. The zero-order valence-corrected chi connectivity index (χ0v) is 7.30. The lowest BCUT2D eigenvalue weighted by Gasteiger charge is -1.97. The van der Waals surface area contributed by atoms with E-state index in [0.29, 0.717) is 22.4 Å². The van der Waals surface area contributed by atoms with Gasteiger partial charge in [-0.05, 0) is 28.1 Å². The Morgan fingerprint density at radius 3 is 2.91 bits per heavy atom. The first-order valence-corrected chi connectivity index (χ1v) is 3.80. The maximum absolute atomic E-state index is 8.36. The van der Waals surface area contributed by atoms with Gasteiger partial charge in [-0.15, -0.1) is 0 Å². The molecule has 0 saturated heterocycles. The number of halogens is 1. The Morgan fingerprint density at radius 2 is 2.36 bits per heavy atom. The van der Waals surface area contributed by atoms with Crippen LogP contribution in [0.3, 0.4) is 0 Å². The number of nitriles is 1. The number of rotatable bonds is 1. The Kier molecular flexibility index (Phi) is 2.44. The molecule has 11 heavy (non-hydrogen) atoms. The summed E-state index contributed by atoms with van der Waals surface area (Å²) in [6.45, 7) is 0. The van der Waals surface area contributed by atoms with Gasteiger partial charge in [-0.25, -0.2) is 4.98 Å². The molecule has 0 spiro atoms. The molecule has 0 amide bonds. The molecule has 1 aromatic rings. The fourth-order valence-corrected chi connectivity index (χ4v) is 1.24. The van der Waals surface area contributed by atoms with Gasteiger partial charge in [-0.3, -0.25) is 0 Å². The molecule has 0 aliphatic rings. The fourth-order valence-electron chi connectivity index (χ4n) is 0.745. The third-order valence-electron chi connectivity index (χ3n) is 1.13. The van der Waals surface area contributed by atoms with E-state index in [1.54, 1.807) is 12.1 Å². The van der Waals surface area contributed by atoms with E-state index in [2.05, 4.69) is 20.9 Å². The summed E-state index contributed by atoms with van der Waals surface area (Å²) in [4.78, 5) is 4.04. The molecule has 0 radical (unpaired) electrons. The van der Waals surface area contributed by atoms with Crippen molar-refractivity contribution >= 4 is 21.6 Å². The second kappa shape index (κ2) is 3.35. The number of nitrogen functional groups attached to an aromatic ring is 1.